The minimum atomic E-state index is 0.815. The minimum Gasteiger partial charge on any atom is -0.497 e. The van der Waals surface area contributed by atoms with Gasteiger partial charge in [0.15, 0.2) is 0 Å². The number of anilines is 1. The van der Waals surface area contributed by atoms with Crippen molar-refractivity contribution in [1.82, 2.24) is 9.97 Å². The van der Waals surface area contributed by atoms with Crippen LogP contribution in [0.5, 0.6) is 5.75 Å². The molecule has 0 spiro atoms. The van der Waals surface area contributed by atoms with Crippen molar-refractivity contribution in [3.63, 3.8) is 0 Å². The molecule has 4 heteroatoms. The lowest BCUT2D eigenvalue weighted by Gasteiger charge is -2.10. The van der Waals surface area contributed by atoms with Crippen molar-refractivity contribution in [2.45, 2.75) is 6.42 Å². The maximum atomic E-state index is 5.29. The van der Waals surface area contributed by atoms with Gasteiger partial charge in [0.2, 0.25) is 0 Å². The molecule has 0 atom stereocenters. The summed E-state index contributed by atoms with van der Waals surface area (Å²) in [5, 5.41) is 5.61. The highest BCUT2D eigenvalue weighted by molar-refractivity contribution is 5.92. The fourth-order valence-corrected chi connectivity index (χ4v) is 2.29. The summed E-state index contributed by atoms with van der Waals surface area (Å²) in [4.78, 5) is 8.55. The highest BCUT2D eigenvalue weighted by Gasteiger charge is 2.03. The number of ether oxygens (including phenoxy) is 1. The second-order valence-corrected chi connectivity index (χ2v) is 4.78. The third kappa shape index (κ3) is 3.11. The molecule has 2 aromatic heterocycles. The van der Waals surface area contributed by atoms with Gasteiger partial charge in [0.25, 0.3) is 0 Å². The molecule has 2 heterocycles. The first kappa shape index (κ1) is 13.4. The lowest BCUT2D eigenvalue weighted by Crippen LogP contribution is -2.06. The average molecular weight is 279 g/mol. The Hall–Kier alpha value is -2.62. The summed E-state index contributed by atoms with van der Waals surface area (Å²) in [6, 6.07) is 12.0. The van der Waals surface area contributed by atoms with Crippen molar-refractivity contribution < 1.29 is 4.74 Å². The van der Waals surface area contributed by atoms with Crippen LogP contribution in [0.1, 0.15) is 5.56 Å². The van der Waals surface area contributed by atoms with Crippen LogP contribution < -0.4 is 10.1 Å². The summed E-state index contributed by atoms with van der Waals surface area (Å²) in [6.45, 7) is 0.815. The Labute approximate surface area is 123 Å². The van der Waals surface area contributed by atoms with E-state index in [1.54, 1.807) is 13.3 Å². The van der Waals surface area contributed by atoms with Gasteiger partial charge in [-0.3, -0.25) is 4.98 Å². The Balaban J connectivity index is 1.77. The Bertz CT molecular complexity index is 728. The van der Waals surface area contributed by atoms with Gasteiger partial charge in [0, 0.05) is 30.5 Å². The van der Waals surface area contributed by atoms with E-state index < -0.39 is 0 Å². The summed E-state index contributed by atoms with van der Waals surface area (Å²) in [5.74, 6) is 1.72. The Kier molecular flexibility index (Phi) is 3.96. The van der Waals surface area contributed by atoms with Crippen LogP contribution in [0.4, 0.5) is 5.82 Å². The zero-order valence-corrected chi connectivity index (χ0v) is 11.9. The predicted molar refractivity (Wildman–Crippen MR) is 84.7 cm³/mol. The van der Waals surface area contributed by atoms with Crippen LogP contribution in [-0.4, -0.2) is 23.6 Å². The van der Waals surface area contributed by atoms with E-state index >= 15 is 0 Å². The number of hydrogen-bond acceptors (Lipinski definition) is 4. The Morgan fingerprint density at radius 3 is 2.90 bits per heavy atom. The van der Waals surface area contributed by atoms with E-state index in [0.29, 0.717) is 0 Å². The highest BCUT2D eigenvalue weighted by Crippen LogP contribution is 2.25. The van der Waals surface area contributed by atoms with Gasteiger partial charge in [-0.1, -0.05) is 12.1 Å². The molecule has 0 radical (unpaired) electrons. The fraction of sp³-hybridized carbons (Fsp3) is 0.176. The molecular weight excluding hydrogens is 262 g/mol. The van der Waals surface area contributed by atoms with Gasteiger partial charge in [-0.05, 0) is 41.6 Å². The molecule has 0 saturated carbocycles. The average Bonchev–Trinajstić information content (AvgIpc) is 2.55. The van der Waals surface area contributed by atoms with Gasteiger partial charge in [-0.2, -0.15) is 0 Å². The molecule has 1 N–H and O–H groups in total. The number of hydrogen-bond donors (Lipinski definition) is 1. The molecule has 0 aliphatic rings. The van der Waals surface area contributed by atoms with E-state index in [1.165, 1.54) is 5.56 Å². The predicted octanol–water partition coefficient (Wildman–Crippen LogP) is 3.29. The molecule has 0 fully saturated rings. The lowest BCUT2D eigenvalue weighted by atomic mass is 10.1. The lowest BCUT2D eigenvalue weighted by molar-refractivity contribution is 0.415. The topological polar surface area (TPSA) is 47.0 Å². The number of methoxy groups -OCH3 is 1. The maximum absolute atomic E-state index is 5.29. The molecule has 3 rings (SSSR count). The number of pyridine rings is 2. The van der Waals surface area contributed by atoms with Crippen LogP contribution in [0.25, 0.3) is 10.8 Å². The molecule has 4 nitrogen and oxygen atoms in total. The molecular formula is C17H17N3O. The van der Waals surface area contributed by atoms with Crippen molar-refractivity contribution in [3.05, 3.63) is 60.6 Å². The summed E-state index contributed by atoms with van der Waals surface area (Å²) < 4.78 is 5.29. The molecule has 0 aliphatic carbocycles. The Morgan fingerprint density at radius 1 is 1.14 bits per heavy atom. The van der Waals surface area contributed by atoms with E-state index in [9.17, 15) is 0 Å². The monoisotopic (exact) mass is 279 g/mol. The first-order chi connectivity index (χ1) is 10.4. The molecule has 0 unspecified atom stereocenters. The largest absolute Gasteiger partial charge is 0.497 e. The van der Waals surface area contributed by atoms with Gasteiger partial charge in [0.05, 0.1) is 7.11 Å². The second-order valence-electron chi connectivity index (χ2n) is 4.78. The molecule has 0 amide bonds. The van der Waals surface area contributed by atoms with Gasteiger partial charge >= 0.3 is 0 Å². The highest BCUT2D eigenvalue weighted by atomic mass is 16.5. The molecule has 0 aliphatic heterocycles. The van der Waals surface area contributed by atoms with Crippen LogP contribution in [0, 0.1) is 0 Å². The Morgan fingerprint density at radius 2 is 2.10 bits per heavy atom. The van der Waals surface area contributed by atoms with Gasteiger partial charge in [-0.25, -0.2) is 4.98 Å². The summed E-state index contributed by atoms with van der Waals surface area (Å²) in [6.07, 6.45) is 6.41. The van der Waals surface area contributed by atoms with Crippen LogP contribution in [0.3, 0.4) is 0 Å². The number of benzene rings is 1. The first-order valence-electron chi connectivity index (χ1n) is 6.92. The molecule has 106 valence electrons. The number of rotatable bonds is 5. The van der Waals surface area contributed by atoms with Crippen LogP contribution in [0.2, 0.25) is 0 Å². The maximum Gasteiger partial charge on any atom is 0.133 e. The third-order valence-electron chi connectivity index (χ3n) is 3.40. The summed E-state index contributed by atoms with van der Waals surface area (Å²) >= 11 is 0. The van der Waals surface area contributed by atoms with Crippen LogP contribution in [0.15, 0.2) is 55.0 Å². The minimum absolute atomic E-state index is 0.815. The second kappa shape index (κ2) is 6.22. The van der Waals surface area contributed by atoms with Gasteiger partial charge < -0.3 is 10.1 Å². The molecule has 21 heavy (non-hydrogen) atoms. The van der Waals surface area contributed by atoms with E-state index in [1.807, 2.05) is 42.7 Å². The first-order valence-corrected chi connectivity index (χ1v) is 6.92. The fourth-order valence-electron chi connectivity index (χ4n) is 2.29. The van der Waals surface area contributed by atoms with Crippen molar-refractivity contribution in [1.29, 1.82) is 0 Å². The number of aromatic nitrogens is 2. The normalized spacial score (nSPS) is 10.5. The zero-order chi connectivity index (χ0) is 14.5. The smallest absolute Gasteiger partial charge is 0.133 e. The standard InChI is InChI=1S/C17H17N3O/c1-21-15-5-4-14-7-10-20-17(16(14)11-15)19-9-6-13-3-2-8-18-12-13/h2-5,7-8,10-12H,6,9H2,1H3,(H,19,20). The van der Waals surface area contributed by atoms with E-state index in [4.69, 9.17) is 4.74 Å². The van der Waals surface area contributed by atoms with Crippen molar-refractivity contribution in [2.75, 3.05) is 19.0 Å². The van der Waals surface area contributed by atoms with Crippen LogP contribution in [-0.2, 0) is 6.42 Å². The number of nitrogens with one attached hydrogen (secondary N) is 1. The molecule has 1 aromatic carbocycles. The summed E-state index contributed by atoms with van der Waals surface area (Å²) in [7, 11) is 1.67. The van der Waals surface area contributed by atoms with Crippen molar-refractivity contribution in [3.8, 4) is 5.75 Å². The molecule has 0 saturated heterocycles. The molecule has 0 bridgehead atoms. The van der Waals surface area contributed by atoms with E-state index in [2.05, 4.69) is 21.4 Å². The quantitative estimate of drug-likeness (QED) is 0.778. The number of fused-ring (bicyclic) bond motifs is 1. The third-order valence-corrected chi connectivity index (χ3v) is 3.40. The van der Waals surface area contributed by atoms with Crippen molar-refractivity contribution in [2.24, 2.45) is 0 Å². The van der Waals surface area contributed by atoms with Crippen LogP contribution >= 0.6 is 0 Å². The van der Waals surface area contributed by atoms with Gasteiger partial charge in [-0.15, -0.1) is 0 Å². The SMILES string of the molecule is COc1ccc2ccnc(NCCc3cccnc3)c2c1. The molecule has 3 aromatic rings. The van der Waals surface area contributed by atoms with E-state index in [0.717, 1.165) is 35.3 Å². The summed E-state index contributed by atoms with van der Waals surface area (Å²) in [5.41, 5.74) is 1.21. The van der Waals surface area contributed by atoms with Crippen molar-refractivity contribution >= 4 is 16.6 Å². The van der Waals surface area contributed by atoms with E-state index in [-0.39, 0.29) is 0 Å². The number of nitrogens with zero attached hydrogens (tertiary/aromatic N) is 2. The van der Waals surface area contributed by atoms with Gasteiger partial charge in [0.1, 0.15) is 11.6 Å². The zero-order valence-electron chi connectivity index (χ0n) is 11.9.